The van der Waals surface area contributed by atoms with Crippen LogP contribution in [0.5, 0.6) is 0 Å². The Labute approximate surface area is 164 Å². The van der Waals surface area contributed by atoms with Crippen molar-refractivity contribution in [1.29, 1.82) is 0 Å². The van der Waals surface area contributed by atoms with Crippen molar-refractivity contribution in [3.05, 3.63) is 59.7 Å². The fourth-order valence-electron chi connectivity index (χ4n) is 2.16. The maximum absolute atomic E-state index is 12.1. The number of ether oxygens (including phenoxy) is 2. The first-order valence-electron chi connectivity index (χ1n) is 8.76. The second-order valence-electron chi connectivity index (χ2n) is 7.19. The molecule has 0 radical (unpaired) electrons. The third-order valence-electron chi connectivity index (χ3n) is 3.44. The number of aryl methyl sites for hydroxylation is 1. The van der Waals surface area contributed by atoms with E-state index in [0.29, 0.717) is 11.4 Å². The number of hydrogen-bond donors (Lipinski definition) is 2. The highest BCUT2D eigenvalue weighted by Crippen LogP contribution is 2.14. The van der Waals surface area contributed by atoms with Crippen molar-refractivity contribution in [3.63, 3.8) is 0 Å². The predicted octanol–water partition coefficient (Wildman–Crippen LogP) is 4.14. The Morgan fingerprint density at radius 1 is 0.857 bits per heavy atom. The molecule has 2 aromatic carbocycles. The second kappa shape index (κ2) is 9.03. The van der Waals surface area contributed by atoms with Crippen LogP contribution in [0.4, 0.5) is 16.2 Å². The number of carbonyl (C=O) groups excluding carboxylic acids is 3. The third kappa shape index (κ3) is 7.11. The molecular formula is C21H24N2O5. The van der Waals surface area contributed by atoms with Gasteiger partial charge in [0.15, 0.2) is 6.61 Å². The van der Waals surface area contributed by atoms with Gasteiger partial charge in [0.25, 0.3) is 5.91 Å². The van der Waals surface area contributed by atoms with Crippen LogP contribution in [0.15, 0.2) is 48.5 Å². The summed E-state index contributed by atoms with van der Waals surface area (Å²) in [6.07, 6.45) is -0.587. The molecule has 0 aliphatic rings. The Kier molecular flexibility index (Phi) is 6.76. The summed E-state index contributed by atoms with van der Waals surface area (Å²) in [4.78, 5) is 35.6. The Morgan fingerprint density at radius 2 is 1.39 bits per heavy atom. The molecule has 0 saturated carbocycles. The minimum Gasteiger partial charge on any atom is -0.452 e. The van der Waals surface area contributed by atoms with Crippen molar-refractivity contribution in [2.75, 3.05) is 17.2 Å². The average molecular weight is 384 g/mol. The van der Waals surface area contributed by atoms with E-state index in [9.17, 15) is 14.4 Å². The number of hydrogen-bond acceptors (Lipinski definition) is 5. The molecule has 148 valence electrons. The zero-order valence-corrected chi connectivity index (χ0v) is 16.4. The number of carbonyl (C=O) groups is 3. The van der Waals surface area contributed by atoms with E-state index in [1.807, 2.05) is 19.1 Å². The van der Waals surface area contributed by atoms with Crippen LogP contribution >= 0.6 is 0 Å². The third-order valence-corrected chi connectivity index (χ3v) is 3.44. The van der Waals surface area contributed by atoms with Crippen LogP contribution in [-0.4, -0.2) is 30.2 Å². The second-order valence-corrected chi connectivity index (χ2v) is 7.19. The maximum Gasteiger partial charge on any atom is 0.412 e. The SMILES string of the molecule is Cc1ccc(NC(=O)COC(=O)c2ccc(NC(=O)OC(C)(C)C)cc2)cc1. The zero-order chi connectivity index (χ0) is 20.7. The highest BCUT2D eigenvalue weighted by atomic mass is 16.6. The minimum atomic E-state index is -0.636. The van der Waals surface area contributed by atoms with E-state index in [4.69, 9.17) is 9.47 Å². The maximum atomic E-state index is 12.1. The van der Waals surface area contributed by atoms with Crippen molar-refractivity contribution < 1.29 is 23.9 Å². The van der Waals surface area contributed by atoms with E-state index >= 15 is 0 Å². The Bertz CT molecular complexity index is 837. The Morgan fingerprint density at radius 3 is 1.96 bits per heavy atom. The molecule has 0 spiro atoms. The van der Waals surface area contributed by atoms with Gasteiger partial charge in [-0.1, -0.05) is 17.7 Å². The predicted molar refractivity (Wildman–Crippen MR) is 106 cm³/mol. The highest BCUT2D eigenvalue weighted by molar-refractivity contribution is 5.96. The zero-order valence-electron chi connectivity index (χ0n) is 16.4. The minimum absolute atomic E-state index is 0.262. The number of esters is 1. The van der Waals surface area contributed by atoms with Crippen LogP contribution < -0.4 is 10.6 Å². The van der Waals surface area contributed by atoms with Gasteiger partial charge in [-0.05, 0) is 64.1 Å². The molecule has 7 nitrogen and oxygen atoms in total. The smallest absolute Gasteiger partial charge is 0.412 e. The van der Waals surface area contributed by atoms with E-state index in [1.54, 1.807) is 45.0 Å². The molecule has 2 rings (SSSR count). The van der Waals surface area contributed by atoms with Crippen LogP contribution in [-0.2, 0) is 14.3 Å². The van der Waals surface area contributed by atoms with Crippen LogP contribution in [0, 0.1) is 6.92 Å². The summed E-state index contributed by atoms with van der Waals surface area (Å²) >= 11 is 0. The molecular weight excluding hydrogens is 360 g/mol. The summed E-state index contributed by atoms with van der Waals surface area (Å²) in [7, 11) is 0. The van der Waals surface area contributed by atoms with Crippen molar-refractivity contribution in [1.82, 2.24) is 0 Å². The number of amides is 2. The molecule has 0 atom stereocenters. The summed E-state index contributed by atoms with van der Waals surface area (Å²) in [6.45, 7) is 6.84. The number of benzene rings is 2. The summed E-state index contributed by atoms with van der Waals surface area (Å²) in [5, 5.41) is 5.22. The summed E-state index contributed by atoms with van der Waals surface area (Å²) < 4.78 is 10.2. The highest BCUT2D eigenvalue weighted by Gasteiger charge is 2.16. The van der Waals surface area contributed by atoms with Gasteiger partial charge in [-0.2, -0.15) is 0 Å². The van der Waals surface area contributed by atoms with Crippen molar-refractivity contribution in [3.8, 4) is 0 Å². The Balaban J connectivity index is 1.83. The summed E-state index contributed by atoms with van der Waals surface area (Å²) in [5.41, 5.74) is 1.84. The van der Waals surface area contributed by atoms with Crippen molar-refractivity contribution in [2.45, 2.75) is 33.3 Å². The van der Waals surface area contributed by atoms with Gasteiger partial charge in [0, 0.05) is 11.4 Å². The van der Waals surface area contributed by atoms with Crippen LogP contribution in [0.3, 0.4) is 0 Å². The summed E-state index contributed by atoms with van der Waals surface area (Å²) in [6, 6.07) is 13.4. The van der Waals surface area contributed by atoms with Gasteiger partial charge in [-0.3, -0.25) is 10.1 Å². The topological polar surface area (TPSA) is 93.7 Å². The van der Waals surface area contributed by atoms with E-state index in [-0.39, 0.29) is 5.56 Å². The van der Waals surface area contributed by atoms with Crippen LogP contribution in [0.25, 0.3) is 0 Å². The average Bonchev–Trinajstić information content (AvgIpc) is 2.60. The molecule has 0 unspecified atom stereocenters. The summed E-state index contributed by atoms with van der Waals surface area (Å²) in [5.74, 6) is -1.07. The first kappa shape index (κ1) is 21.0. The van der Waals surface area contributed by atoms with Gasteiger partial charge in [0.05, 0.1) is 5.56 Å². The molecule has 2 aromatic rings. The van der Waals surface area contributed by atoms with E-state index in [0.717, 1.165) is 5.56 Å². The lowest BCUT2D eigenvalue weighted by Gasteiger charge is -2.19. The molecule has 0 aromatic heterocycles. The molecule has 0 aliphatic carbocycles. The first-order chi connectivity index (χ1) is 13.1. The fourth-order valence-corrected chi connectivity index (χ4v) is 2.16. The monoisotopic (exact) mass is 384 g/mol. The lowest BCUT2D eigenvalue weighted by molar-refractivity contribution is -0.119. The molecule has 7 heteroatoms. The van der Waals surface area contributed by atoms with Gasteiger partial charge in [0.1, 0.15) is 5.60 Å². The van der Waals surface area contributed by atoms with Gasteiger partial charge < -0.3 is 14.8 Å². The number of rotatable bonds is 5. The largest absolute Gasteiger partial charge is 0.452 e. The molecule has 0 bridgehead atoms. The molecule has 0 fully saturated rings. The lowest BCUT2D eigenvalue weighted by atomic mass is 10.2. The molecule has 0 saturated heterocycles. The number of nitrogens with one attached hydrogen (secondary N) is 2. The fraction of sp³-hybridized carbons (Fsp3) is 0.286. The lowest BCUT2D eigenvalue weighted by Crippen LogP contribution is -2.27. The van der Waals surface area contributed by atoms with Crippen molar-refractivity contribution >= 4 is 29.3 Å². The van der Waals surface area contributed by atoms with Gasteiger partial charge in [-0.15, -0.1) is 0 Å². The van der Waals surface area contributed by atoms with Crippen LogP contribution in [0.1, 0.15) is 36.7 Å². The normalized spacial score (nSPS) is 10.7. The molecule has 0 aliphatic heterocycles. The first-order valence-corrected chi connectivity index (χ1v) is 8.76. The standard InChI is InChI=1S/C21H24N2O5/c1-14-5-9-16(10-6-14)22-18(24)13-27-19(25)15-7-11-17(12-8-15)23-20(26)28-21(2,3)4/h5-12H,13H2,1-4H3,(H,22,24)(H,23,26). The van der Waals surface area contributed by atoms with E-state index in [2.05, 4.69) is 10.6 Å². The van der Waals surface area contributed by atoms with Gasteiger partial charge in [0.2, 0.25) is 0 Å². The molecule has 2 amide bonds. The molecule has 2 N–H and O–H groups in total. The van der Waals surface area contributed by atoms with Crippen LogP contribution in [0.2, 0.25) is 0 Å². The van der Waals surface area contributed by atoms with Gasteiger partial charge in [-0.25, -0.2) is 9.59 Å². The van der Waals surface area contributed by atoms with E-state index in [1.165, 1.54) is 12.1 Å². The Hall–Kier alpha value is -3.35. The van der Waals surface area contributed by atoms with Gasteiger partial charge >= 0.3 is 12.1 Å². The number of anilines is 2. The molecule has 28 heavy (non-hydrogen) atoms. The van der Waals surface area contributed by atoms with Crippen molar-refractivity contribution in [2.24, 2.45) is 0 Å². The quantitative estimate of drug-likeness (QED) is 0.756. The molecule has 0 heterocycles. The van der Waals surface area contributed by atoms with E-state index < -0.39 is 30.2 Å².